The Kier molecular flexibility index (Phi) is 5.12. The minimum absolute atomic E-state index is 0.699. The predicted molar refractivity (Wildman–Crippen MR) is 117 cm³/mol. The van der Waals surface area contributed by atoms with Gasteiger partial charge in [-0.25, -0.2) is 9.97 Å². The van der Waals surface area contributed by atoms with Crippen molar-refractivity contribution in [3.8, 4) is 11.4 Å². The highest BCUT2D eigenvalue weighted by molar-refractivity contribution is 5.91. The van der Waals surface area contributed by atoms with Crippen LogP contribution in [0.2, 0.25) is 0 Å². The lowest BCUT2D eigenvalue weighted by molar-refractivity contribution is 0.106. The molecular weight excluding hydrogens is 360 g/mol. The van der Waals surface area contributed by atoms with Crippen LogP contribution in [0.15, 0.2) is 48.8 Å². The lowest BCUT2D eigenvalue weighted by Crippen LogP contribution is -2.54. The van der Waals surface area contributed by atoms with Gasteiger partial charge in [0, 0.05) is 62.1 Å². The first-order valence-electron chi connectivity index (χ1n) is 10.6. The molecule has 2 fully saturated rings. The van der Waals surface area contributed by atoms with Crippen LogP contribution in [0.3, 0.4) is 0 Å². The van der Waals surface area contributed by atoms with Crippen molar-refractivity contribution < 1.29 is 0 Å². The fourth-order valence-corrected chi connectivity index (χ4v) is 4.67. The maximum atomic E-state index is 5.00. The van der Waals surface area contributed by atoms with Gasteiger partial charge in [0.15, 0.2) is 5.82 Å². The number of rotatable bonds is 3. The Morgan fingerprint density at radius 3 is 2.48 bits per heavy atom. The van der Waals surface area contributed by atoms with E-state index in [1.54, 1.807) is 12.4 Å². The summed E-state index contributed by atoms with van der Waals surface area (Å²) in [5, 5.41) is 1.14. The van der Waals surface area contributed by atoms with Crippen molar-refractivity contribution >= 4 is 16.7 Å². The van der Waals surface area contributed by atoms with Crippen LogP contribution >= 0.6 is 0 Å². The first kappa shape index (κ1) is 18.5. The van der Waals surface area contributed by atoms with Crippen LogP contribution in [0.4, 0.5) is 5.82 Å². The number of aromatic nitrogens is 3. The average molecular weight is 389 g/mol. The minimum atomic E-state index is 0.699. The Morgan fingerprint density at radius 1 is 0.897 bits per heavy atom. The molecule has 0 aliphatic carbocycles. The molecule has 1 unspecified atom stereocenters. The van der Waals surface area contributed by atoms with Crippen molar-refractivity contribution in [3.63, 3.8) is 0 Å². The molecule has 29 heavy (non-hydrogen) atoms. The Hall–Kier alpha value is -2.57. The number of para-hydroxylation sites is 1. The summed E-state index contributed by atoms with van der Waals surface area (Å²) in [7, 11) is 2.25. The number of likely N-dealkylation sites (tertiary alicyclic amines) is 1. The van der Waals surface area contributed by atoms with Crippen molar-refractivity contribution in [2.75, 3.05) is 51.2 Å². The van der Waals surface area contributed by atoms with Gasteiger partial charge in [0.05, 0.1) is 5.52 Å². The Bertz CT molecular complexity index is 968. The highest BCUT2D eigenvalue weighted by Crippen LogP contribution is 2.28. The maximum absolute atomic E-state index is 5.00. The number of anilines is 1. The van der Waals surface area contributed by atoms with E-state index in [4.69, 9.17) is 9.97 Å². The molecule has 0 N–H and O–H groups in total. The molecule has 3 aromatic rings. The highest BCUT2D eigenvalue weighted by atomic mass is 15.3. The Balaban J connectivity index is 1.41. The summed E-state index contributed by atoms with van der Waals surface area (Å²) in [5.41, 5.74) is 2.01. The lowest BCUT2D eigenvalue weighted by Gasteiger charge is -2.43. The fraction of sp³-hybridized carbons (Fsp3) is 0.435. The molecular formula is C23H28N6. The van der Waals surface area contributed by atoms with Gasteiger partial charge in [-0.1, -0.05) is 12.1 Å². The zero-order valence-corrected chi connectivity index (χ0v) is 17.0. The SMILES string of the molecule is CN1CCCC(N2CCN(c3nc(-c4ccncc4)nc4ccccc34)CC2)C1. The number of nitrogens with zero attached hydrogens (tertiary/aromatic N) is 6. The molecule has 6 nitrogen and oxygen atoms in total. The van der Waals surface area contributed by atoms with E-state index >= 15 is 0 Å². The molecule has 2 aliphatic rings. The molecule has 4 heterocycles. The molecule has 0 bridgehead atoms. The third kappa shape index (κ3) is 3.82. The molecule has 0 spiro atoms. The number of fused-ring (bicyclic) bond motifs is 1. The first-order valence-corrected chi connectivity index (χ1v) is 10.6. The number of likely N-dealkylation sites (N-methyl/N-ethyl adjacent to an activating group) is 1. The standard InChI is InChI=1S/C23H28N6/c1-27-12-4-5-19(17-27)28-13-15-29(16-14-28)23-20-6-2-3-7-21(20)25-22(26-23)18-8-10-24-11-9-18/h2-3,6-11,19H,4-5,12-17H2,1H3. The monoisotopic (exact) mass is 388 g/mol. The molecule has 6 heteroatoms. The summed E-state index contributed by atoms with van der Waals surface area (Å²) >= 11 is 0. The number of hydrogen-bond donors (Lipinski definition) is 0. The largest absolute Gasteiger partial charge is 0.353 e. The molecule has 5 rings (SSSR count). The van der Waals surface area contributed by atoms with Crippen LogP contribution in [0, 0.1) is 0 Å². The third-order valence-corrected chi connectivity index (χ3v) is 6.25. The van der Waals surface area contributed by atoms with E-state index in [9.17, 15) is 0 Å². The average Bonchev–Trinajstić information content (AvgIpc) is 2.79. The van der Waals surface area contributed by atoms with E-state index in [2.05, 4.69) is 44.9 Å². The van der Waals surface area contributed by atoms with Gasteiger partial charge in [-0.3, -0.25) is 9.88 Å². The summed E-state index contributed by atoms with van der Waals surface area (Å²) in [6.45, 7) is 6.65. The van der Waals surface area contributed by atoms with Gasteiger partial charge in [-0.05, 0) is 50.7 Å². The highest BCUT2D eigenvalue weighted by Gasteiger charge is 2.28. The maximum Gasteiger partial charge on any atom is 0.162 e. The smallest absolute Gasteiger partial charge is 0.162 e. The molecule has 1 atom stereocenters. The summed E-state index contributed by atoms with van der Waals surface area (Å²) < 4.78 is 0. The second-order valence-electron chi connectivity index (χ2n) is 8.21. The van der Waals surface area contributed by atoms with E-state index in [-0.39, 0.29) is 0 Å². The Labute approximate surface area is 172 Å². The molecule has 2 aliphatic heterocycles. The van der Waals surface area contributed by atoms with E-state index in [1.807, 2.05) is 18.2 Å². The van der Waals surface area contributed by atoms with Crippen LogP contribution in [0.5, 0.6) is 0 Å². The van der Waals surface area contributed by atoms with Crippen molar-refractivity contribution in [1.29, 1.82) is 0 Å². The zero-order chi connectivity index (χ0) is 19.6. The van der Waals surface area contributed by atoms with Crippen LogP contribution in [-0.4, -0.2) is 77.1 Å². The van der Waals surface area contributed by atoms with E-state index in [0.717, 1.165) is 54.3 Å². The fourth-order valence-electron chi connectivity index (χ4n) is 4.67. The van der Waals surface area contributed by atoms with E-state index < -0.39 is 0 Å². The predicted octanol–water partition coefficient (Wildman–Crippen LogP) is 2.91. The minimum Gasteiger partial charge on any atom is -0.353 e. The third-order valence-electron chi connectivity index (χ3n) is 6.25. The van der Waals surface area contributed by atoms with Crippen molar-refractivity contribution in [1.82, 2.24) is 24.8 Å². The molecule has 2 saturated heterocycles. The number of pyridine rings is 1. The normalized spacial score (nSPS) is 21.6. The number of benzene rings is 1. The van der Waals surface area contributed by atoms with Gasteiger partial charge in [0.1, 0.15) is 5.82 Å². The number of hydrogen-bond acceptors (Lipinski definition) is 6. The van der Waals surface area contributed by atoms with Gasteiger partial charge in [-0.15, -0.1) is 0 Å². The number of piperidine rings is 1. The first-order chi connectivity index (χ1) is 14.3. The lowest BCUT2D eigenvalue weighted by atomic mass is 10.0. The Morgan fingerprint density at radius 2 is 1.69 bits per heavy atom. The van der Waals surface area contributed by atoms with Gasteiger partial charge in [0.25, 0.3) is 0 Å². The molecule has 2 aromatic heterocycles. The van der Waals surface area contributed by atoms with Gasteiger partial charge in [-0.2, -0.15) is 0 Å². The van der Waals surface area contributed by atoms with Gasteiger partial charge >= 0.3 is 0 Å². The van der Waals surface area contributed by atoms with Crippen LogP contribution in [0.25, 0.3) is 22.3 Å². The quantitative estimate of drug-likeness (QED) is 0.688. The van der Waals surface area contributed by atoms with Gasteiger partial charge in [0.2, 0.25) is 0 Å². The molecule has 0 amide bonds. The molecule has 1 aromatic carbocycles. The summed E-state index contributed by atoms with van der Waals surface area (Å²) in [6.07, 6.45) is 6.24. The zero-order valence-electron chi connectivity index (χ0n) is 17.0. The number of piperazine rings is 1. The molecule has 0 radical (unpaired) electrons. The van der Waals surface area contributed by atoms with Crippen LogP contribution in [-0.2, 0) is 0 Å². The van der Waals surface area contributed by atoms with E-state index in [0.29, 0.717) is 6.04 Å². The summed E-state index contributed by atoms with van der Waals surface area (Å²) in [6, 6.07) is 13.0. The molecule has 150 valence electrons. The van der Waals surface area contributed by atoms with Crippen molar-refractivity contribution in [2.45, 2.75) is 18.9 Å². The second-order valence-corrected chi connectivity index (χ2v) is 8.21. The van der Waals surface area contributed by atoms with Crippen LogP contribution < -0.4 is 4.90 Å². The second kappa shape index (κ2) is 8.05. The topological polar surface area (TPSA) is 48.4 Å². The van der Waals surface area contributed by atoms with Crippen molar-refractivity contribution in [2.24, 2.45) is 0 Å². The van der Waals surface area contributed by atoms with Crippen LogP contribution in [0.1, 0.15) is 12.8 Å². The van der Waals surface area contributed by atoms with E-state index in [1.165, 1.54) is 25.9 Å². The van der Waals surface area contributed by atoms with Crippen molar-refractivity contribution in [3.05, 3.63) is 48.8 Å². The molecule has 0 saturated carbocycles. The van der Waals surface area contributed by atoms with Gasteiger partial charge < -0.3 is 9.80 Å². The summed E-state index contributed by atoms with van der Waals surface area (Å²) in [5.74, 6) is 1.83. The summed E-state index contributed by atoms with van der Waals surface area (Å²) in [4.78, 5) is 21.5.